The Morgan fingerprint density at radius 2 is 2.03 bits per heavy atom. The molecule has 3 aliphatic rings. The van der Waals surface area contributed by atoms with Crippen molar-refractivity contribution in [1.82, 2.24) is 14.8 Å². The van der Waals surface area contributed by atoms with Crippen LogP contribution in [-0.4, -0.2) is 61.7 Å². The Morgan fingerprint density at radius 3 is 2.71 bits per heavy atom. The van der Waals surface area contributed by atoms with E-state index in [2.05, 4.69) is 4.98 Å². The Morgan fingerprint density at radius 1 is 1.29 bits per heavy atom. The van der Waals surface area contributed by atoms with Crippen molar-refractivity contribution in [3.8, 4) is 5.75 Å². The smallest absolute Gasteiger partial charge is 0.280 e. The number of piperazine rings is 1. The minimum absolute atomic E-state index is 0.351. The molecule has 1 aromatic heterocycles. The van der Waals surface area contributed by atoms with Crippen molar-refractivity contribution in [3.05, 3.63) is 41.1 Å². The van der Waals surface area contributed by atoms with E-state index in [4.69, 9.17) is 4.74 Å². The van der Waals surface area contributed by atoms with E-state index in [1.54, 1.807) is 32.2 Å². The maximum Gasteiger partial charge on any atom is 0.280 e. The highest BCUT2D eigenvalue weighted by Gasteiger charge is 2.68. The highest BCUT2D eigenvalue weighted by atomic mass is 16.5. The summed E-state index contributed by atoms with van der Waals surface area (Å²) in [5.41, 5.74) is -0.750. The number of carbonyl (C=O) groups is 2. The minimum Gasteiger partial charge on any atom is -0.497 e. The Hall–Kier alpha value is -2.84. The highest BCUT2D eigenvalue weighted by Crippen LogP contribution is 2.53. The lowest BCUT2D eigenvalue weighted by atomic mass is 9.79. The number of methoxy groups -OCH3 is 1. The number of H-pyrrole nitrogens is 1. The van der Waals surface area contributed by atoms with Gasteiger partial charge >= 0.3 is 0 Å². The van der Waals surface area contributed by atoms with Gasteiger partial charge in [0.15, 0.2) is 0 Å². The quantitative estimate of drug-likeness (QED) is 0.640. The number of nitrogens with one attached hydrogen (secondary N) is 1. The standard InChI is InChI=1S/C23H27N3O5/c1-12(2)10-16-18-17(14-7-6-13(31-4)11-15(14)24-18)19(27)23(30)21(29)25-9-5-8-22(25,3)20(28)26(16)23/h6-7,10-11,16,19,24,27,30H,5,8-9H2,1-4H3/t16-,19-,22-,23-/m0/s1. The number of aromatic nitrogens is 1. The summed E-state index contributed by atoms with van der Waals surface area (Å²) in [5, 5.41) is 23.9. The van der Waals surface area contributed by atoms with Crippen LogP contribution in [0.3, 0.4) is 0 Å². The molecule has 0 saturated carbocycles. The van der Waals surface area contributed by atoms with Crippen LogP contribution in [0.5, 0.6) is 5.75 Å². The Balaban J connectivity index is 1.81. The Bertz CT molecular complexity index is 1150. The maximum absolute atomic E-state index is 13.8. The molecule has 3 N–H and O–H groups in total. The molecule has 3 aliphatic heterocycles. The summed E-state index contributed by atoms with van der Waals surface area (Å²) in [5.74, 6) is -0.341. The number of amides is 2. The fourth-order valence-electron chi connectivity index (χ4n) is 5.49. The summed E-state index contributed by atoms with van der Waals surface area (Å²) < 4.78 is 5.32. The predicted octanol–water partition coefficient (Wildman–Crippen LogP) is 2.14. The topological polar surface area (TPSA) is 106 Å². The first kappa shape index (κ1) is 20.1. The molecule has 2 fully saturated rings. The van der Waals surface area contributed by atoms with Crippen LogP contribution in [0.15, 0.2) is 29.8 Å². The van der Waals surface area contributed by atoms with Crippen molar-refractivity contribution in [2.75, 3.05) is 13.7 Å². The number of nitrogens with zero attached hydrogens (tertiary/aromatic N) is 2. The molecule has 0 unspecified atom stereocenters. The molecule has 164 valence electrons. The van der Waals surface area contributed by atoms with E-state index in [9.17, 15) is 19.8 Å². The van der Waals surface area contributed by atoms with E-state index in [1.165, 1.54) is 9.80 Å². The van der Waals surface area contributed by atoms with Crippen LogP contribution in [0.2, 0.25) is 0 Å². The van der Waals surface area contributed by atoms with Crippen LogP contribution in [0.1, 0.15) is 57.0 Å². The second kappa shape index (κ2) is 6.34. The molecule has 4 heterocycles. The van der Waals surface area contributed by atoms with Crippen LogP contribution in [-0.2, 0) is 9.59 Å². The van der Waals surface area contributed by atoms with Gasteiger partial charge in [-0.1, -0.05) is 11.6 Å². The van der Waals surface area contributed by atoms with E-state index >= 15 is 0 Å². The van der Waals surface area contributed by atoms with E-state index in [0.29, 0.717) is 47.3 Å². The van der Waals surface area contributed by atoms with Gasteiger partial charge in [0.25, 0.3) is 17.5 Å². The normalized spacial score (nSPS) is 32.1. The SMILES string of the molecule is COc1ccc2c3c([nH]c2c1)[C@H](C=C(C)C)N1C(=O)[C@]2(C)CCCN2C(=O)[C@@]1(O)[C@H]3O. The van der Waals surface area contributed by atoms with Crippen molar-refractivity contribution in [1.29, 1.82) is 0 Å². The van der Waals surface area contributed by atoms with Crippen molar-refractivity contribution in [2.45, 2.75) is 57.0 Å². The second-order valence-electron chi connectivity index (χ2n) is 9.19. The molecule has 0 spiro atoms. The molecule has 8 nitrogen and oxygen atoms in total. The molecule has 2 amide bonds. The van der Waals surface area contributed by atoms with Gasteiger partial charge in [-0.05, 0) is 45.7 Å². The molecule has 1 aromatic carbocycles. The minimum atomic E-state index is -2.38. The zero-order valence-corrected chi connectivity index (χ0v) is 18.1. The van der Waals surface area contributed by atoms with E-state index in [-0.39, 0.29) is 5.91 Å². The number of carbonyl (C=O) groups excluding carboxylic acids is 2. The number of aliphatic hydroxyl groups is 2. The van der Waals surface area contributed by atoms with Crippen molar-refractivity contribution >= 4 is 22.7 Å². The van der Waals surface area contributed by atoms with E-state index in [0.717, 1.165) is 5.57 Å². The van der Waals surface area contributed by atoms with Gasteiger partial charge in [0, 0.05) is 34.8 Å². The summed E-state index contributed by atoms with van der Waals surface area (Å²) in [4.78, 5) is 33.3. The molecule has 2 aromatic rings. The number of hydrogen-bond donors (Lipinski definition) is 3. The maximum atomic E-state index is 13.8. The lowest BCUT2D eigenvalue weighted by Gasteiger charge is -2.57. The van der Waals surface area contributed by atoms with Gasteiger partial charge in [-0.3, -0.25) is 14.5 Å². The Labute approximate surface area is 180 Å². The Kier molecular flexibility index (Phi) is 4.11. The largest absolute Gasteiger partial charge is 0.497 e. The van der Waals surface area contributed by atoms with Crippen LogP contribution >= 0.6 is 0 Å². The third kappa shape index (κ3) is 2.37. The van der Waals surface area contributed by atoms with Crippen molar-refractivity contribution < 1.29 is 24.5 Å². The number of benzene rings is 1. The molecule has 8 heteroatoms. The number of fused-ring (bicyclic) bond motifs is 5. The fraction of sp³-hybridized carbons (Fsp3) is 0.478. The molecule has 0 bridgehead atoms. The van der Waals surface area contributed by atoms with Gasteiger partial charge in [0.2, 0.25) is 0 Å². The third-order valence-electron chi connectivity index (χ3n) is 7.04. The van der Waals surface area contributed by atoms with E-state index < -0.39 is 29.3 Å². The molecule has 0 aliphatic carbocycles. The lowest BCUT2D eigenvalue weighted by molar-refractivity contribution is -0.235. The fourth-order valence-corrected chi connectivity index (χ4v) is 5.49. The summed E-state index contributed by atoms with van der Waals surface area (Å²) >= 11 is 0. The van der Waals surface area contributed by atoms with Crippen molar-refractivity contribution in [2.24, 2.45) is 0 Å². The summed E-state index contributed by atoms with van der Waals surface area (Å²) in [7, 11) is 1.57. The first-order valence-corrected chi connectivity index (χ1v) is 10.6. The van der Waals surface area contributed by atoms with Crippen LogP contribution < -0.4 is 4.74 Å². The molecule has 2 saturated heterocycles. The zero-order chi connectivity index (χ0) is 22.3. The van der Waals surface area contributed by atoms with Crippen molar-refractivity contribution in [3.63, 3.8) is 0 Å². The van der Waals surface area contributed by atoms with Gasteiger partial charge < -0.3 is 24.8 Å². The third-order valence-corrected chi connectivity index (χ3v) is 7.04. The van der Waals surface area contributed by atoms with Gasteiger partial charge in [-0.25, -0.2) is 0 Å². The predicted molar refractivity (Wildman–Crippen MR) is 113 cm³/mol. The second-order valence-corrected chi connectivity index (χ2v) is 9.19. The molecule has 0 radical (unpaired) electrons. The zero-order valence-electron chi connectivity index (χ0n) is 18.1. The number of rotatable bonds is 2. The van der Waals surface area contributed by atoms with Gasteiger partial charge in [-0.15, -0.1) is 0 Å². The lowest BCUT2D eigenvalue weighted by Crippen LogP contribution is -2.77. The van der Waals surface area contributed by atoms with Gasteiger partial charge in [0.1, 0.15) is 17.4 Å². The average molecular weight is 425 g/mol. The monoisotopic (exact) mass is 425 g/mol. The van der Waals surface area contributed by atoms with Crippen LogP contribution in [0.25, 0.3) is 10.9 Å². The molecular formula is C23H27N3O5. The first-order valence-electron chi connectivity index (χ1n) is 10.6. The summed E-state index contributed by atoms with van der Waals surface area (Å²) in [6.07, 6.45) is 1.46. The molecule has 5 rings (SSSR count). The molecule has 31 heavy (non-hydrogen) atoms. The first-order chi connectivity index (χ1) is 14.6. The van der Waals surface area contributed by atoms with E-state index in [1.807, 2.05) is 19.9 Å². The molecule has 4 atom stereocenters. The number of ether oxygens (including phenoxy) is 1. The summed E-state index contributed by atoms with van der Waals surface area (Å²) in [6, 6.07) is 4.64. The number of hydrogen-bond acceptors (Lipinski definition) is 5. The number of aliphatic hydroxyl groups excluding tert-OH is 1. The molecular weight excluding hydrogens is 398 g/mol. The summed E-state index contributed by atoms with van der Waals surface area (Å²) in [6.45, 7) is 5.93. The van der Waals surface area contributed by atoms with Crippen LogP contribution in [0, 0.1) is 0 Å². The average Bonchev–Trinajstić information content (AvgIpc) is 3.31. The number of allylic oxidation sites excluding steroid dienone is 1. The highest BCUT2D eigenvalue weighted by molar-refractivity contribution is 6.04. The van der Waals surface area contributed by atoms with Gasteiger partial charge in [0.05, 0.1) is 13.2 Å². The van der Waals surface area contributed by atoms with Gasteiger partial charge in [-0.2, -0.15) is 0 Å². The van der Waals surface area contributed by atoms with Crippen LogP contribution in [0.4, 0.5) is 0 Å². The number of aromatic amines is 1.